The lowest BCUT2D eigenvalue weighted by Gasteiger charge is -2.08. The van der Waals surface area contributed by atoms with Gasteiger partial charge in [0.1, 0.15) is 11.4 Å². The Morgan fingerprint density at radius 3 is 2.75 bits per heavy atom. The number of aromatic amines is 1. The van der Waals surface area contributed by atoms with Gasteiger partial charge in [-0.1, -0.05) is 23.7 Å². The third-order valence-electron chi connectivity index (χ3n) is 3.48. The van der Waals surface area contributed by atoms with Crippen LogP contribution in [-0.4, -0.2) is 26.3 Å². The fourth-order valence-electron chi connectivity index (χ4n) is 2.10. The third kappa shape index (κ3) is 4.48. The molecule has 10 nitrogen and oxygen atoms in total. The second-order valence-corrected chi connectivity index (χ2v) is 5.88. The summed E-state index contributed by atoms with van der Waals surface area (Å²) < 4.78 is 5.56. The molecular weight excluding hydrogens is 388 g/mol. The minimum Gasteiger partial charge on any atom is -0.449 e. The van der Waals surface area contributed by atoms with Crippen LogP contribution in [0.25, 0.3) is 0 Å². The SMILES string of the molecule is Cc1nnc(N/N=C\c2ccc(Oc3ccccc3Cl)c([N+](=O)[O-])c2)[nH]c1=O. The molecule has 0 amide bonds. The number of hydrogen-bond donors (Lipinski definition) is 2. The Kier molecular flexibility index (Phi) is 5.61. The Morgan fingerprint density at radius 2 is 2.04 bits per heavy atom. The van der Waals surface area contributed by atoms with Crippen molar-refractivity contribution in [3.05, 3.63) is 79.2 Å². The summed E-state index contributed by atoms with van der Waals surface area (Å²) in [5.74, 6) is 0.384. The second kappa shape index (κ2) is 8.27. The standard InChI is InChI=1S/C17H13ClN6O4/c1-10-16(25)20-17(23-21-10)22-19-9-11-6-7-15(13(8-11)24(26)27)28-14-5-3-2-4-12(14)18/h2-9H,1H3,(H2,20,22,23,25)/b19-9-. The van der Waals surface area contributed by atoms with Crippen molar-refractivity contribution in [3.63, 3.8) is 0 Å². The van der Waals surface area contributed by atoms with Crippen molar-refractivity contribution in [2.45, 2.75) is 6.92 Å². The van der Waals surface area contributed by atoms with Crippen LogP contribution in [0, 0.1) is 17.0 Å². The van der Waals surface area contributed by atoms with E-state index in [2.05, 4.69) is 25.7 Å². The van der Waals surface area contributed by atoms with E-state index in [9.17, 15) is 14.9 Å². The molecule has 11 heteroatoms. The summed E-state index contributed by atoms with van der Waals surface area (Å²) in [5, 5.41) is 23.0. The molecule has 1 aromatic heterocycles. The molecule has 142 valence electrons. The molecule has 3 rings (SSSR count). The lowest BCUT2D eigenvalue weighted by atomic mass is 10.2. The molecule has 2 aromatic carbocycles. The summed E-state index contributed by atoms with van der Waals surface area (Å²) in [5.41, 5.74) is 2.48. The second-order valence-electron chi connectivity index (χ2n) is 5.47. The van der Waals surface area contributed by atoms with Crippen LogP contribution in [0.3, 0.4) is 0 Å². The maximum Gasteiger partial charge on any atom is 0.312 e. The number of para-hydroxylation sites is 1. The van der Waals surface area contributed by atoms with Crippen LogP contribution in [0.4, 0.5) is 11.6 Å². The predicted molar refractivity (Wildman–Crippen MR) is 103 cm³/mol. The van der Waals surface area contributed by atoms with E-state index in [-0.39, 0.29) is 23.1 Å². The Balaban J connectivity index is 1.80. The highest BCUT2D eigenvalue weighted by atomic mass is 35.5. The molecule has 2 N–H and O–H groups in total. The van der Waals surface area contributed by atoms with Crippen LogP contribution >= 0.6 is 11.6 Å². The number of rotatable bonds is 6. The van der Waals surface area contributed by atoms with Crippen LogP contribution in [0.5, 0.6) is 11.5 Å². The summed E-state index contributed by atoms with van der Waals surface area (Å²) in [6.07, 6.45) is 1.33. The number of hydrogen-bond acceptors (Lipinski definition) is 8. The van der Waals surface area contributed by atoms with Crippen molar-refractivity contribution in [1.29, 1.82) is 0 Å². The van der Waals surface area contributed by atoms with Gasteiger partial charge in [0.05, 0.1) is 16.2 Å². The van der Waals surface area contributed by atoms with Gasteiger partial charge in [0.2, 0.25) is 11.7 Å². The number of aromatic nitrogens is 3. The van der Waals surface area contributed by atoms with Crippen LogP contribution in [0.2, 0.25) is 5.02 Å². The first-order valence-corrected chi connectivity index (χ1v) is 8.25. The summed E-state index contributed by atoms with van der Waals surface area (Å²) in [4.78, 5) is 24.7. The number of anilines is 1. The highest BCUT2D eigenvalue weighted by molar-refractivity contribution is 6.32. The molecule has 0 saturated carbocycles. The number of ether oxygens (including phenoxy) is 1. The first kappa shape index (κ1) is 19.0. The van der Waals surface area contributed by atoms with Crippen molar-refractivity contribution < 1.29 is 9.66 Å². The van der Waals surface area contributed by atoms with Gasteiger partial charge in [-0.3, -0.25) is 19.9 Å². The molecule has 0 unspecified atom stereocenters. The summed E-state index contributed by atoms with van der Waals surface area (Å²) in [6, 6.07) is 11.0. The van der Waals surface area contributed by atoms with Crippen molar-refractivity contribution in [2.75, 3.05) is 5.43 Å². The number of nitrogens with one attached hydrogen (secondary N) is 2. The topological polar surface area (TPSA) is 135 Å². The predicted octanol–water partition coefficient (Wildman–Crippen LogP) is 3.27. The van der Waals surface area contributed by atoms with Crippen LogP contribution in [0.15, 0.2) is 52.4 Å². The minimum absolute atomic E-state index is 0.0388. The van der Waals surface area contributed by atoms with Crippen molar-refractivity contribution >= 4 is 29.5 Å². The quantitative estimate of drug-likeness (QED) is 0.368. The lowest BCUT2D eigenvalue weighted by Crippen LogP contribution is -2.15. The number of aryl methyl sites for hydroxylation is 1. The zero-order valence-corrected chi connectivity index (χ0v) is 15.2. The molecule has 3 aromatic rings. The minimum atomic E-state index is -0.570. The molecule has 0 spiro atoms. The van der Waals surface area contributed by atoms with Crippen molar-refractivity contribution in [2.24, 2.45) is 5.10 Å². The zero-order valence-electron chi connectivity index (χ0n) is 14.4. The van der Waals surface area contributed by atoms with Crippen molar-refractivity contribution in [1.82, 2.24) is 15.2 Å². The molecule has 0 aliphatic rings. The maximum atomic E-state index is 11.5. The van der Waals surface area contributed by atoms with Gasteiger partial charge in [-0.05, 0) is 31.2 Å². The first-order chi connectivity index (χ1) is 13.4. The van der Waals surface area contributed by atoms with E-state index >= 15 is 0 Å². The molecule has 1 heterocycles. The van der Waals surface area contributed by atoms with Crippen LogP contribution in [0.1, 0.15) is 11.3 Å². The van der Waals surface area contributed by atoms with E-state index in [1.165, 1.54) is 25.3 Å². The van der Waals surface area contributed by atoms with Gasteiger partial charge in [0.25, 0.3) is 5.56 Å². The maximum absolute atomic E-state index is 11.5. The van der Waals surface area contributed by atoms with Crippen molar-refractivity contribution in [3.8, 4) is 11.5 Å². The Labute approximate surface area is 163 Å². The first-order valence-electron chi connectivity index (χ1n) is 7.87. The Bertz CT molecular complexity index is 1110. The van der Waals surface area contributed by atoms with E-state index in [1.807, 2.05) is 0 Å². The average molecular weight is 401 g/mol. The molecule has 0 fully saturated rings. The van der Waals surface area contributed by atoms with E-state index in [1.54, 1.807) is 30.3 Å². The number of H-pyrrole nitrogens is 1. The summed E-state index contributed by atoms with van der Waals surface area (Å²) >= 11 is 6.02. The van der Waals surface area contributed by atoms with Gasteiger partial charge < -0.3 is 4.74 Å². The Morgan fingerprint density at radius 1 is 1.25 bits per heavy atom. The fourth-order valence-corrected chi connectivity index (χ4v) is 2.28. The van der Waals surface area contributed by atoms with E-state index in [0.29, 0.717) is 16.3 Å². The summed E-state index contributed by atoms with van der Waals surface area (Å²) in [6.45, 7) is 1.52. The Hall–Kier alpha value is -3.79. The van der Waals surface area contributed by atoms with E-state index in [4.69, 9.17) is 16.3 Å². The highest BCUT2D eigenvalue weighted by Gasteiger charge is 2.17. The number of halogens is 1. The summed E-state index contributed by atoms with van der Waals surface area (Å²) in [7, 11) is 0. The fraction of sp³-hybridized carbons (Fsp3) is 0.0588. The van der Waals surface area contributed by atoms with Crippen LogP contribution in [-0.2, 0) is 0 Å². The van der Waals surface area contributed by atoms with Gasteiger partial charge >= 0.3 is 5.69 Å². The van der Waals surface area contributed by atoms with Gasteiger partial charge in [-0.2, -0.15) is 5.10 Å². The van der Waals surface area contributed by atoms with Crippen LogP contribution < -0.4 is 15.7 Å². The van der Waals surface area contributed by atoms with Gasteiger partial charge in [-0.25, -0.2) is 5.43 Å². The largest absolute Gasteiger partial charge is 0.449 e. The molecular formula is C17H13ClN6O4. The van der Waals surface area contributed by atoms with Gasteiger partial charge in [0, 0.05) is 11.6 Å². The highest BCUT2D eigenvalue weighted by Crippen LogP contribution is 2.35. The molecule has 0 atom stereocenters. The smallest absolute Gasteiger partial charge is 0.312 e. The molecule has 28 heavy (non-hydrogen) atoms. The number of nitro groups is 1. The normalized spacial score (nSPS) is 10.8. The van der Waals surface area contributed by atoms with E-state index < -0.39 is 10.5 Å². The lowest BCUT2D eigenvalue weighted by molar-refractivity contribution is -0.385. The van der Waals surface area contributed by atoms with Gasteiger partial charge in [-0.15, -0.1) is 10.2 Å². The molecule has 0 aliphatic heterocycles. The van der Waals surface area contributed by atoms with Gasteiger partial charge in [0.15, 0.2) is 0 Å². The molecule has 0 bridgehead atoms. The number of nitrogens with zero attached hydrogens (tertiary/aromatic N) is 4. The van der Waals surface area contributed by atoms with E-state index in [0.717, 1.165) is 0 Å². The number of hydrazone groups is 1. The zero-order chi connectivity index (χ0) is 20.1. The number of benzene rings is 2. The molecule has 0 aliphatic carbocycles. The average Bonchev–Trinajstić information content (AvgIpc) is 2.67. The number of nitro benzene ring substituents is 1. The third-order valence-corrected chi connectivity index (χ3v) is 3.79. The monoisotopic (exact) mass is 400 g/mol. The molecule has 0 radical (unpaired) electrons. The molecule has 0 saturated heterocycles.